The summed E-state index contributed by atoms with van der Waals surface area (Å²) >= 11 is 0. The third kappa shape index (κ3) is 5.68. The van der Waals surface area contributed by atoms with E-state index in [9.17, 15) is 8.42 Å². The molecular weight excluding hydrogens is 544 g/mol. The fraction of sp³-hybridized carbons (Fsp3) is 0.324. The zero-order chi connectivity index (χ0) is 28.8. The second kappa shape index (κ2) is 12.4. The van der Waals surface area contributed by atoms with Gasteiger partial charge in [-0.3, -0.25) is 4.68 Å². The van der Waals surface area contributed by atoms with Crippen LogP contribution in [0.1, 0.15) is 63.0 Å². The molecule has 0 radical (unpaired) electrons. The number of fused-ring (bicyclic) bond motifs is 2. The van der Waals surface area contributed by atoms with Crippen molar-refractivity contribution in [3.8, 4) is 22.6 Å². The molecule has 3 heterocycles. The van der Waals surface area contributed by atoms with E-state index in [0.717, 1.165) is 62.6 Å². The summed E-state index contributed by atoms with van der Waals surface area (Å²) in [5.41, 5.74) is 2.95. The third-order valence-corrected chi connectivity index (χ3v) is 10.6. The predicted molar refractivity (Wildman–Crippen MR) is 163 cm³/mol. The smallest absolute Gasteiger partial charge is 0.217 e. The van der Waals surface area contributed by atoms with Crippen LogP contribution in [0, 0.1) is 0 Å². The van der Waals surface area contributed by atoms with Crippen molar-refractivity contribution in [2.75, 3.05) is 0 Å². The fourth-order valence-corrected chi connectivity index (χ4v) is 7.96. The molecule has 1 aliphatic rings. The quantitative estimate of drug-likeness (QED) is 0.212. The summed E-state index contributed by atoms with van der Waals surface area (Å²) in [5, 5.41) is 8.82. The SMILES string of the molecule is O=S(=O)(c1ccccc1)C1(c2nc(-c3ccccc3)c(-c3ccccc3)o2)CCCCCCCCCn2cc(nn2)C1. The third-order valence-electron chi connectivity index (χ3n) is 8.19. The van der Waals surface area contributed by atoms with Gasteiger partial charge in [-0.2, -0.15) is 0 Å². The molecule has 0 aliphatic carbocycles. The molecule has 0 saturated carbocycles. The molecule has 0 spiro atoms. The molecule has 1 unspecified atom stereocenters. The summed E-state index contributed by atoms with van der Waals surface area (Å²) in [7, 11) is -3.99. The maximum atomic E-state index is 14.9. The monoisotopic (exact) mass is 580 g/mol. The van der Waals surface area contributed by atoms with E-state index in [-0.39, 0.29) is 17.2 Å². The molecule has 8 heteroatoms. The fourth-order valence-electron chi connectivity index (χ4n) is 5.92. The Kier molecular flexibility index (Phi) is 8.33. The first-order valence-electron chi connectivity index (χ1n) is 14.9. The Balaban J connectivity index is 1.58. The van der Waals surface area contributed by atoms with Crippen molar-refractivity contribution in [2.24, 2.45) is 0 Å². The van der Waals surface area contributed by atoms with Crippen LogP contribution in [0.25, 0.3) is 22.6 Å². The minimum Gasteiger partial charge on any atom is -0.438 e. The van der Waals surface area contributed by atoms with Gasteiger partial charge in [0.25, 0.3) is 0 Å². The topological polar surface area (TPSA) is 90.9 Å². The van der Waals surface area contributed by atoms with Gasteiger partial charge in [0.05, 0.1) is 10.6 Å². The Hall–Kier alpha value is -4.04. The average Bonchev–Trinajstić information content (AvgIpc) is 3.68. The normalized spacial score (nSPS) is 18.8. The van der Waals surface area contributed by atoms with Gasteiger partial charge in [-0.25, -0.2) is 13.4 Å². The van der Waals surface area contributed by atoms with Crippen molar-refractivity contribution in [3.05, 3.63) is 109 Å². The van der Waals surface area contributed by atoms with E-state index in [1.54, 1.807) is 24.3 Å². The number of aromatic nitrogens is 4. The van der Waals surface area contributed by atoms with Crippen LogP contribution < -0.4 is 0 Å². The van der Waals surface area contributed by atoms with Crippen molar-refractivity contribution in [3.63, 3.8) is 0 Å². The first-order chi connectivity index (χ1) is 20.6. The molecule has 0 saturated heterocycles. The van der Waals surface area contributed by atoms with Crippen molar-refractivity contribution in [1.29, 1.82) is 0 Å². The second-order valence-corrected chi connectivity index (χ2v) is 13.4. The summed E-state index contributed by atoms with van der Waals surface area (Å²) in [6.07, 6.45) is 9.58. The van der Waals surface area contributed by atoms with Crippen LogP contribution >= 0.6 is 0 Å². The Morgan fingerprint density at radius 3 is 2.00 bits per heavy atom. The van der Waals surface area contributed by atoms with Crippen molar-refractivity contribution in [2.45, 2.75) is 74.0 Å². The lowest BCUT2D eigenvalue weighted by Gasteiger charge is -2.30. The zero-order valence-electron chi connectivity index (χ0n) is 23.7. The van der Waals surface area contributed by atoms with Crippen molar-refractivity contribution < 1.29 is 12.8 Å². The Morgan fingerprint density at radius 2 is 1.31 bits per heavy atom. The molecule has 1 aliphatic heterocycles. The molecule has 5 aromatic rings. The largest absolute Gasteiger partial charge is 0.438 e. The summed E-state index contributed by atoms with van der Waals surface area (Å²) in [4.78, 5) is 5.32. The molecule has 7 nitrogen and oxygen atoms in total. The number of benzene rings is 3. The highest BCUT2D eigenvalue weighted by atomic mass is 32.2. The number of hydrogen-bond donors (Lipinski definition) is 0. The standard InChI is InChI=1S/C34H36N4O3S/c39-42(40,30-21-13-8-14-22-30)34(23-15-4-2-1-3-5-16-24-38-26-29(25-34)36-37-38)33-35-31(27-17-9-6-10-18-27)32(41-33)28-19-11-7-12-20-28/h6-14,17-22,26H,1-5,15-16,23-25H2. The average molecular weight is 581 g/mol. The Bertz CT molecular complexity index is 1640. The lowest BCUT2D eigenvalue weighted by atomic mass is 9.94. The molecular formula is C34H36N4O3S. The van der Waals surface area contributed by atoms with Crippen LogP contribution in [0.5, 0.6) is 0 Å². The lowest BCUT2D eigenvalue weighted by molar-refractivity contribution is 0.368. The van der Waals surface area contributed by atoms with Gasteiger partial charge in [0, 0.05) is 30.3 Å². The van der Waals surface area contributed by atoms with E-state index in [0.29, 0.717) is 23.6 Å². The maximum Gasteiger partial charge on any atom is 0.217 e. The van der Waals surface area contributed by atoms with Gasteiger partial charge >= 0.3 is 0 Å². The van der Waals surface area contributed by atoms with Gasteiger partial charge in [0.2, 0.25) is 5.89 Å². The van der Waals surface area contributed by atoms with Crippen LogP contribution in [0.2, 0.25) is 0 Å². The molecule has 3 aromatic carbocycles. The molecule has 2 aromatic heterocycles. The van der Waals surface area contributed by atoms with Gasteiger partial charge in [-0.05, 0) is 25.0 Å². The minimum atomic E-state index is -3.99. The van der Waals surface area contributed by atoms with Gasteiger partial charge in [-0.15, -0.1) is 5.10 Å². The van der Waals surface area contributed by atoms with Crippen LogP contribution in [-0.2, 0) is 27.5 Å². The summed E-state index contributed by atoms with van der Waals surface area (Å²) in [6.45, 7) is 0.765. The van der Waals surface area contributed by atoms with Crippen molar-refractivity contribution >= 4 is 9.84 Å². The molecule has 42 heavy (non-hydrogen) atoms. The van der Waals surface area contributed by atoms with E-state index < -0.39 is 14.6 Å². The maximum absolute atomic E-state index is 14.9. The molecule has 0 fully saturated rings. The van der Waals surface area contributed by atoms with E-state index in [4.69, 9.17) is 9.40 Å². The number of rotatable bonds is 5. The summed E-state index contributed by atoms with van der Waals surface area (Å²) < 4.78 is 36.8. The number of aryl methyl sites for hydroxylation is 1. The van der Waals surface area contributed by atoms with E-state index in [1.807, 2.05) is 77.6 Å². The number of oxazole rings is 1. The minimum absolute atomic E-state index is 0.118. The molecule has 216 valence electrons. The molecule has 1 atom stereocenters. The van der Waals surface area contributed by atoms with Gasteiger partial charge in [0.1, 0.15) is 5.69 Å². The number of sulfone groups is 1. The summed E-state index contributed by atoms with van der Waals surface area (Å²) in [5.74, 6) is 0.758. The molecule has 2 bridgehead atoms. The van der Waals surface area contributed by atoms with E-state index >= 15 is 0 Å². The number of hydrogen-bond acceptors (Lipinski definition) is 6. The Labute approximate surface area is 247 Å². The first kappa shape index (κ1) is 28.1. The highest BCUT2D eigenvalue weighted by molar-refractivity contribution is 7.92. The van der Waals surface area contributed by atoms with Crippen molar-refractivity contribution in [1.82, 2.24) is 20.0 Å². The van der Waals surface area contributed by atoms with E-state index in [2.05, 4.69) is 10.3 Å². The van der Waals surface area contributed by atoms with Gasteiger partial charge in [0.15, 0.2) is 20.3 Å². The first-order valence-corrected chi connectivity index (χ1v) is 16.4. The zero-order valence-corrected chi connectivity index (χ0v) is 24.5. The summed E-state index contributed by atoms with van der Waals surface area (Å²) in [6, 6.07) is 28.3. The predicted octanol–water partition coefficient (Wildman–Crippen LogP) is 7.65. The molecule has 6 rings (SSSR count). The van der Waals surface area contributed by atoms with Crippen LogP contribution in [0.4, 0.5) is 0 Å². The van der Waals surface area contributed by atoms with Gasteiger partial charge in [-0.1, -0.05) is 123 Å². The van der Waals surface area contributed by atoms with Crippen LogP contribution in [0.3, 0.4) is 0 Å². The Morgan fingerprint density at radius 1 is 0.714 bits per heavy atom. The lowest BCUT2D eigenvalue weighted by Crippen LogP contribution is -2.39. The van der Waals surface area contributed by atoms with Gasteiger partial charge < -0.3 is 4.42 Å². The number of nitrogens with zero attached hydrogens (tertiary/aromatic N) is 4. The second-order valence-electron chi connectivity index (χ2n) is 11.1. The highest BCUT2D eigenvalue weighted by Gasteiger charge is 2.51. The van der Waals surface area contributed by atoms with Crippen LogP contribution in [0.15, 0.2) is 107 Å². The van der Waals surface area contributed by atoms with Crippen LogP contribution in [-0.4, -0.2) is 28.4 Å². The molecule has 0 N–H and O–H groups in total. The molecule has 0 amide bonds. The van der Waals surface area contributed by atoms with E-state index in [1.165, 1.54) is 0 Å². The highest BCUT2D eigenvalue weighted by Crippen LogP contribution is 2.46.